The van der Waals surface area contributed by atoms with Crippen molar-refractivity contribution in [2.75, 3.05) is 0 Å². The summed E-state index contributed by atoms with van der Waals surface area (Å²) in [6, 6.07) is 1.89. The normalized spacial score (nSPS) is 9.43. The van der Waals surface area contributed by atoms with Crippen molar-refractivity contribution >= 4 is 0 Å². The standard InChI is InChI=1S/C6H7O/c1-5-3-4-7-6(5)2/h3-4H,2H2,1H3. The SMILES string of the molecule is [CH2]c1occc1C. The minimum absolute atomic E-state index is 0.764. The van der Waals surface area contributed by atoms with E-state index < -0.39 is 0 Å². The summed E-state index contributed by atoms with van der Waals surface area (Å²) in [5.74, 6) is 0.764. The Kier molecular flexibility index (Phi) is 0.895. The predicted octanol–water partition coefficient (Wildman–Crippen LogP) is 1.77. The summed E-state index contributed by atoms with van der Waals surface area (Å²) in [5.41, 5.74) is 1.11. The molecule has 0 spiro atoms. The van der Waals surface area contributed by atoms with E-state index in [-0.39, 0.29) is 0 Å². The van der Waals surface area contributed by atoms with Crippen LogP contribution in [0.5, 0.6) is 0 Å². The third kappa shape index (κ3) is 0.660. The Morgan fingerprint density at radius 3 is 2.57 bits per heavy atom. The highest BCUT2D eigenvalue weighted by atomic mass is 16.3. The highest BCUT2D eigenvalue weighted by Crippen LogP contribution is 2.04. The first-order valence-electron chi connectivity index (χ1n) is 2.17. The van der Waals surface area contributed by atoms with E-state index in [4.69, 9.17) is 4.42 Å². The first-order valence-corrected chi connectivity index (χ1v) is 2.17. The summed E-state index contributed by atoms with van der Waals surface area (Å²) in [6.07, 6.45) is 1.64. The van der Waals surface area contributed by atoms with Crippen LogP contribution in [-0.2, 0) is 0 Å². The second kappa shape index (κ2) is 1.41. The zero-order valence-electron chi connectivity index (χ0n) is 4.27. The van der Waals surface area contributed by atoms with Gasteiger partial charge in [-0.3, -0.25) is 0 Å². The molecule has 0 aliphatic rings. The maximum atomic E-state index is 4.85. The van der Waals surface area contributed by atoms with Crippen molar-refractivity contribution in [3.63, 3.8) is 0 Å². The molecule has 0 unspecified atom stereocenters. The summed E-state index contributed by atoms with van der Waals surface area (Å²) >= 11 is 0. The van der Waals surface area contributed by atoms with Gasteiger partial charge in [0.15, 0.2) is 0 Å². The Bertz CT molecular complexity index is 136. The summed E-state index contributed by atoms with van der Waals surface area (Å²) < 4.78 is 4.85. The minimum atomic E-state index is 0.764. The molecule has 1 aromatic heterocycles. The fourth-order valence-corrected chi connectivity index (χ4v) is 0.404. The monoisotopic (exact) mass is 95.0 g/mol. The molecule has 1 heteroatoms. The molecule has 1 nitrogen and oxygen atoms in total. The summed E-state index contributed by atoms with van der Waals surface area (Å²) in [4.78, 5) is 0. The molecule has 7 heavy (non-hydrogen) atoms. The van der Waals surface area contributed by atoms with Crippen LogP contribution in [-0.4, -0.2) is 0 Å². The molecule has 0 atom stereocenters. The van der Waals surface area contributed by atoms with Crippen LogP contribution in [0.4, 0.5) is 0 Å². The topological polar surface area (TPSA) is 13.1 Å². The first kappa shape index (κ1) is 4.44. The Morgan fingerprint density at radius 2 is 2.43 bits per heavy atom. The van der Waals surface area contributed by atoms with Crippen molar-refractivity contribution in [3.8, 4) is 0 Å². The predicted molar refractivity (Wildman–Crippen MR) is 27.9 cm³/mol. The van der Waals surface area contributed by atoms with Gasteiger partial charge in [-0.25, -0.2) is 0 Å². The van der Waals surface area contributed by atoms with Crippen LogP contribution in [0, 0.1) is 13.8 Å². The van der Waals surface area contributed by atoms with Gasteiger partial charge in [0.1, 0.15) is 5.76 Å². The largest absolute Gasteiger partial charge is 0.469 e. The van der Waals surface area contributed by atoms with Gasteiger partial charge in [-0.15, -0.1) is 0 Å². The van der Waals surface area contributed by atoms with E-state index in [0.717, 1.165) is 11.3 Å². The van der Waals surface area contributed by atoms with Gasteiger partial charge in [-0.05, 0) is 18.6 Å². The zero-order valence-corrected chi connectivity index (χ0v) is 4.27. The number of hydrogen-bond acceptors (Lipinski definition) is 1. The van der Waals surface area contributed by atoms with E-state index >= 15 is 0 Å². The number of hydrogen-bond donors (Lipinski definition) is 0. The molecule has 0 amide bonds. The Hall–Kier alpha value is -0.720. The fraction of sp³-hybridized carbons (Fsp3) is 0.167. The Labute approximate surface area is 43.0 Å². The van der Waals surface area contributed by atoms with Gasteiger partial charge < -0.3 is 4.42 Å². The van der Waals surface area contributed by atoms with Gasteiger partial charge >= 0.3 is 0 Å². The van der Waals surface area contributed by atoms with Crippen LogP contribution in [0.15, 0.2) is 16.7 Å². The first-order chi connectivity index (χ1) is 3.30. The maximum absolute atomic E-state index is 4.85. The zero-order chi connectivity index (χ0) is 5.28. The van der Waals surface area contributed by atoms with Gasteiger partial charge in [0, 0.05) is 6.92 Å². The highest BCUT2D eigenvalue weighted by molar-refractivity contribution is 5.16. The molecule has 0 fully saturated rings. The van der Waals surface area contributed by atoms with E-state index in [1.807, 2.05) is 13.0 Å². The molecule has 1 aromatic rings. The van der Waals surface area contributed by atoms with Crippen LogP contribution >= 0.6 is 0 Å². The number of rotatable bonds is 0. The Balaban J connectivity index is 3.12. The van der Waals surface area contributed by atoms with Crippen LogP contribution in [0.1, 0.15) is 11.3 Å². The smallest absolute Gasteiger partial charge is 0.107 e. The van der Waals surface area contributed by atoms with Crippen molar-refractivity contribution in [1.29, 1.82) is 0 Å². The minimum Gasteiger partial charge on any atom is -0.469 e. The van der Waals surface area contributed by atoms with E-state index in [1.165, 1.54) is 0 Å². The average molecular weight is 95.1 g/mol. The third-order valence-electron chi connectivity index (χ3n) is 0.968. The lowest BCUT2D eigenvalue weighted by atomic mass is 10.3. The summed E-state index contributed by atoms with van der Waals surface area (Å²) in [5, 5.41) is 0. The molecule has 1 heterocycles. The molecule has 0 aliphatic heterocycles. The van der Waals surface area contributed by atoms with Gasteiger partial charge in [0.05, 0.1) is 6.26 Å². The molecule has 1 radical (unpaired) electrons. The molecule has 0 saturated heterocycles. The van der Waals surface area contributed by atoms with E-state index in [2.05, 4.69) is 6.92 Å². The van der Waals surface area contributed by atoms with Crippen LogP contribution in [0.3, 0.4) is 0 Å². The average Bonchev–Trinajstić information content (AvgIpc) is 1.91. The van der Waals surface area contributed by atoms with Crippen molar-refractivity contribution in [2.45, 2.75) is 6.92 Å². The molecule has 37 valence electrons. The summed E-state index contributed by atoms with van der Waals surface area (Å²) in [6.45, 7) is 5.58. The van der Waals surface area contributed by atoms with E-state index in [0.29, 0.717) is 0 Å². The van der Waals surface area contributed by atoms with E-state index in [9.17, 15) is 0 Å². The van der Waals surface area contributed by atoms with Crippen LogP contribution in [0.25, 0.3) is 0 Å². The van der Waals surface area contributed by atoms with Gasteiger partial charge in [0.25, 0.3) is 0 Å². The second-order valence-corrected chi connectivity index (χ2v) is 1.53. The number of furan rings is 1. The maximum Gasteiger partial charge on any atom is 0.107 e. The van der Waals surface area contributed by atoms with Crippen molar-refractivity contribution in [3.05, 3.63) is 30.6 Å². The van der Waals surface area contributed by atoms with E-state index in [1.54, 1.807) is 6.26 Å². The Morgan fingerprint density at radius 1 is 1.71 bits per heavy atom. The fourth-order valence-electron chi connectivity index (χ4n) is 0.404. The molecule has 0 N–H and O–H groups in total. The quantitative estimate of drug-likeness (QED) is 0.478. The van der Waals surface area contributed by atoms with Gasteiger partial charge in [-0.1, -0.05) is 0 Å². The molecule has 0 aliphatic carbocycles. The molecular weight excluding hydrogens is 88.1 g/mol. The lowest BCUT2D eigenvalue weighted by Crippen LogP contribution is -1.63. The molecule has 0 aromatic carbocycles. The van der Waals surface area contributed by atoms with Crippen molar-refractivity contribution in [2.24, 2.45) is 0 Å². The van der Waals surface area contributed by atoms with Crippen molar-refractivity contribution < 1.29 is 4.42 Å². The van der Waals surface area contributed by atoms with Crippen LogP contribution in [0.2, 0.25) is 0 Å². The lowest BCUT2D eigenvalue weighted by Gasteiger charge is -1.78. The lowest BCUT2D eigenvalue weighted by molar-refractivity contribution is 0.546. The van der Waals surface area contributed by atoms with Gasteiger partial charge in [-0.2, -0.15) is 0 Å². The molecule has 0 bridgehead atoms. The molecular formula is C6H7O. The van der Waals surface area contributed by atoms with Gasteiger partial charge in [0.2, 0.25) is 0 Å². The summed E-state index contributed by atoms with van der Waals surface area (Å²) in [7, 11) is 0. The number of aryl methyl sites for hydroxylation is 1. The van der Waals surface area contributed by atoms with Crippen molar-refractivity contribution in [1.82, 2.24) is 0 Å². The molecule has 0 saturated carbocycles. The van der Waals surface area contributed by atoms with Crippen LogP contribution < -0.4 is 0 Å². The second-order valence-electron chi connectivity index (χ2n) is 1.53. The third-order valence-corrected chi connectivity index (χ3v) is 0.968. The molecule has 1 rings (SSSR count). The highest BCUT2D eigenvalue weighted by Gasteiger charge is 1.89.